The Hall–Kier alpha value is -2.12. The summed E-state index contributed by atoms with van der Waals surface area (Å²) >= 11 is 5.11. The van der Waals surface area contributed by atoms with Crippen molar-refractivity contribution in [2.75, 3.05) is 19.7 Å². The van der Waals surface area contributed by atoms with Crippen LogP contribution >= 0.6 is 27.3 Å². The van der Waals surface area contributed by atoms with Gasteiger partial charge in [0, 0.05) is 24.1 Å². The number of piperidine rings is 1. The zero-order valence-corrected chi connectivity index (χ0v) is 18.7. The zero-order chi connectivity index (χ0) is 20.4. The summed E-state index contributed by atoms with van der Waals surface area (Å²) in [6, 6.07) is 12.2. The van der Waals surface area contributed by atoms with E-state index in [1.54, 1.807) is 11.3 Å². The lowest BCUT2D eigenvalue weighted by molar-refractivity contribution is -0.149. The lowest BCUT2D eigenvalue weighted by Gasteiger charge is -2.31. The number of benzene rings is 1. The quantitative estimate of drug-likeness (QED) is 0.492. The van der Waals surface area contributed by atoms with Gasteiger partial charge in [-0.2, -0.15) is 0 Å². The van der Waals surface area contributed by atoms with Crippen LogP contribution in [0.2, 0.25) is 0 Å². The molecule has 0 unspecified atom stereocenters. The number of hydrogen-bond acceptors (Lipinski definition) is 4. The molecule has 1 amide bonds. The first-order valence-corrected chi connectivity index (χ1v) is 11.5. The monoisotopic (exact) mass is 474 g/mol. The Kier molecular flexibility index (Phi) is 6.06. The molecule has 29 heavy (non-hydrogen) atoms. The van der Waals surface area contributed by atoms with E-state index in [2.05, 4.69) is 44.1 Å². The van der Waals surface area contributed by atoms with E-state index in [9.17, 15) is 9.59 Å². The van der Waals surface area contributed by atoms with Crippen LogP contribution in [0.5, 0.6) is 0 Å². The minimum Gasteiger partial charge on any atom is -0.466 e. The van der Waals surface area contributed by atoms with Crippen molar-refractivity contribution in [3.63, 3.8) is 0 Å². The number of fused-ring (bicyclic) bond motifs is 1. The van der Waals surface area contributed by atoms with Crippen molar-refractivity contribution in [1.82, 2.24) is 9.47 Å². The lowest BCUT2D eigenvalue weighted by Crippen LogP contribution is -2.43. The van der Waals surface area contributed by atoms with Crippen LogP contribution in [0.25, 0.3) is 10.2 Å². The number of rotatable bonds is 5. The number of carbonyl (C=O) groups is 2. The van der Waals surface area contributed by atoms with E-state index in [-0.39, 0.29) is 17.8 Å². The first-order chi connectivity index (χ1) is 14.1. The van der Waals surface area contributed by atoms with Crippen LogP contribution < -0.4 is 0 Å². The molecule has 1 aliphatic heterocycles. The van der Waals surface area contributed by atoms with E-state index in [0.29, 0.717) is 31.9 Å². The highest BCUT2D eigenvalue weighted by atomic mass is 79.9. The number of nitrogens with zero attached hydrogens (tertiary/aromatic N) is 2. The van der Waals surface area contributed by atoms with Gasteiger partial charge in [0.05, 0.1) is 22.7 Å². The number of thiophene rings is 1. The van der Waals surface area contributed by atoms with Crippen molar-refractivity contribution >= 4 is 49.4 Å². The van der Waals surface area contributed by atoms with Gasteiger partial charge in [-0.3, -0.25) is 9.59 Å². The van der Waals surface area contributed by atoms with Gasteiger partial charge in [0.2, 0.25) is 0 Å². The highest BCUT2D eigenvalue weighted by Crippen LogP contribution is 2.28. The topological polar surface area (TPSA) is 51.5 Å². The van der Waals surface area contributed by atoms with Gasteiger partial charge < -0.3 is 14.2 Å². The van der Waals surface area contributed by atoms with Gasteiger partial charge in [0.25, 0.3) is 5.91 Å². The molecule has 1 aliphatic rings. The molecule has 3 aromatic rings. The van der Waals surface area contributed by atoms with Gasteiger partial charge in [-0.05, 0) is 55.0 Å². The molecule has 1 aromatic carbocycles. The fraction of sp³-hybridized carbons (Fsp3) is 0.364. The Morgan fingerprint density at radius 1 is 1.24 bits per heavy atom. The fourth-order valence-corrected chi connectivity index (χ4v) is 4.96. The molecule has 1 atom stereocenters. The Bertz CT molecular complexity index is 1020. The predicted octanol–water partition coefficient (Wildman–Crippen LogP) is 4.93. The predicted molar refractivity (Wildman–Crippen MR) is 118 cm³/mol. The summed E-state index contributed by atoms with van der Waals surface area (Å²) in [7, 11) is 0. The first kappa shape index (κ1) is 20.2. The maximum atomic E-state index is 13.4. The van der Waals surface area contributed by atoms with Crippen molar-refractivity contribution in [3.8, 4) is 0 Å². The van der Waals surface area contributed by atoms with Crippen LogP contribution in [-0.4, -0.2) is 41.0 Å². The summed E-state index contributed by atoms with van der Waals surface area (Å²) < 4.78 is 9.40. The molecular weight excluding hydrogens is 452 g/mol. The minimum atomic E-state index is -0.233. The van der Waals surface area contributed by atoms with Crippen molar-refractivity contribution < 1.29 is 14.3 Å². The van der Waals surface area contributed by atoms with Crippen LogP contribution in [-0.2, 0) is 16.1 Å². The van der Waals surface area contributed by atoms with Crippen molar-refractivity contribution in [3.05, 3.63) is 57.5 Å². The molecule has 1 saturated heterocycles. The number of amides is 1. The molecule has 0 spiro atoms. The van der Waals surface area contributed by atoms with Gasteiger partial charge >= 0.3 is 5.97 Å². The molecule has 0 bridgehead atoms. The Balaban J connectivity index is 1.61. The van der Waals surface area contributed by atoms with E-state index in [0.717, 1.165) is 33.1 Å². The maximum Gasteiger partial charge on any atom is 0.310 e. The summed E-state index contributed by atoms with van der Waals surface area (Å²) in [5, 5.41) is 2.05. The lowest BCUT2D eigenvalue weighted by atomic mass is 9.98. The average molecular weight is 475 g/mol. The van der Waals surface area contributed by atoms with Crippen molar-refractivity contribution in [1.29, 1.82) is 0 Å². The van der Waals surface area contributed by atoms with E-state index in [4.69, 9.17) is 4.74 Å². The Morgan fingerprint density at radius 2 is 2.03 bits per heavy atom. The van der Waals surface area contributed by atoms with Crippen LogP contribution in [0.3, 0.4) is 0 Å². The third-order valence-corrected chi connectivity index (χ3v) is 6.71. The molecule has 4 rings (SSSR count). The number of aromatic nitrogens is 1. The fourth-order valence-electron chi connectivity index (χ4n) is 3.87. The number of hydrogen-bond donors (Lipinski definition) is 0. The Morgan fingerprint density at radius 3 is 2.79 bits per heavy atom. The van der Waals surface area contributed by atoms with E-state index in [1.807, 2.05) is 30.0 Å². The van der Waals surface area contributed by atoms with Crippen LogP contribution in [0.15, 0.2) is 46.3 Å². The SMILES string of the molecule is CCOC(=O)[C@H]1CCCN(C(=O)c2cc3sccc3n2Cc2ccc(Br)cc2)C1. The van der Waals surface area contributed by atoms with Crippen molar-refractivity contribution in [2.24, 2.45) is 5.92 Å². The summed E-state index contributed by atoms with van der Waals surface area (Å²) in [6.07, 6.45) is 1.59. The number of halogens is 1. The molecule has 1 fully saturated rings. The highest BCUT2D eigenvalue weighted by molar-refractivity contribution is 9.10. The van der Waals surface area contributed by atoms with Gasteiger partial charge in [-0.1, -0.05) is 28.1 Å². The van der Waals surface area contributed by atoms with Gasteiger partial charge in [0.1, 0.15) is 5.69 Å². The van der Waals surface area contributed by atoms with Crippen LogP contribution in [0, 0.1) is 5.92 Å². The molecule has 3 heterocycles. The largest absolute Gasteiger partial charge is 0.466 e. The summed E-state index contributed by atoms with van der Waals surface area (Å²) in [6.45, 7) is 3.91. The molecule has 0 N–H and O–H groups in total. The summed E-state index contributed by atoms with van der Waals surface area (Å²) in [5.74, 6) is -0.445. The maximum absolute atomic E-state index is 13.4. The molecule has 7 heteroatoms. The standard InChI is InChI=1S/C22H23BrN2O3S/c1-2-28-22(27)16-4-3-10-24(14-16)21(26)19-12-20-18(9-11-29-20)25(19)13-15-5-7-17(23)8-6-15/h5-9,11-12,16H,2-4,10,13-14H2,1H3/t16-/m0/s1. The van der Waals surface area contributed by atoms with Gasteiger partial charge in [0.15, 0.2) is 0 Å². The normalized spacial score (nSPS) is 16.9. The minimum absolute atomic E-state index is 0.0143. The highest BCUT2D eigenvalue weighted by Gasteiger charge is 2.31. The van der Waals surface area contributed by atoms with Crippen LogP contribution in [0.1, 0.15) is 35.8 Å². The second-order valence-corrected chi connectivity index (χ2v) is 9.12. The van der Waals surface area contributed by atoms with E-state index in [1.165, 1.54) is 0 Å². The van der Waals surface area contributed by atoms with Crippen molar-refractivity contribution in [2.45, 2.75) is 26.3 Å². The average Bonchev–Trinajstić information content (AvgIpc) is 3.32. The summed E-state index contributed by atoms with van der Waals surface area (Å²) in [4.78, 5) is 27.4. The van der Waals surface area contributed by atoms with Gasteiger partial charge in [-0.15, -0.1) is 11.3 Å². The van der Waals surface area contributed by atoms with Crippen LogP contribution in [0.4, 0.5) is 0 Å². The number of esters is 1. The van der Waals surface area contributed by atoms with E-state index >= 15 is 0 Å². The third kappa shape index (κ3) is 4.26. The number of likely N-dealkylation sites (tertiary alicyclic amines) is 1. The third-order valence-electron chi connectivity index (χ3n) is 5.32. The molecule has 0 aliphatic carbocycles. The number of ether oxygens (including phenoxy) is 1. The second kappa shape index (κ2) is 8.71. The first-order valence-electron chi connectivity index (χ1n) is 9.84. The zero-order valence-electron chi connectivity index (χ0n) is 16.3. The molecule has 5 nitrogen and oxygen atoms in total. The van der Waals surface area contributed by atoms with Gasteiger partial charge in [-0.25, -0.2) is 0 Å². The smallest absolute Gasteiger partial charge is 0.310 e. The molecule has 2 aromatic heterocycles. The molecular formula is C22H23BrN2O3S. The molecule has 0 saturated carbocycles. The number of carbonyl (C=O) groups excluding carboxylic acids is 2. The molecule has 152 valence electrons. The molecule has 0 radical (unpaired) electrons. The Labute approximate surface area is 182 Å². The second-order valence-electron chi connectivity index (χ2n) is 7.25. The van der Waals surface area contributed by atoms with E-state index < -0.39 is 0 Å². The summed E-state index contributed by atoms with van der Waals surface area (Å²) in [5.41, 5.74) is 2.88.